The molecular weight excluding hydrogens is 442 g/mol. The van der Waals surface area contributed by atoms with E-state index in [1.807, 2.05) is 30.3 Å². The molecule has 0 saturated carbocycles. The van der Waals surface area contributed by atoms with Gasteiger partial charge in [0, 0.05) is 6.42 Å². The van der Waals surface area contributed by atoms with E-state index in [1.54, 1.807) is 0 Å². The summed E-state index contributed by atoms with van der Waals surface area (Å²) in [4.78, 5) is 49.8. The highest BCUT2D eigenvalue weighted by Crippen LogP contribution is 2.09. The minimum Gasteiger partial charge on any atom is -0.480 e. The molecule has 2 rings (SSSR count). The topological polar surface area (TPSA) is 183 Å². The maximum Gasteiger partial charge on any atom is 0.328 e. The van der Waals surface area contributed by atoms with E-state index in [-0.39, 0.29) is 24.8 Å². The van der Waals surface area contributed by atoms with Crippen LogP contribution < -0.4 is 27.0 Å². The van der Waals surface area contributed by atoms with Crippen LogP contribution in [-0.2, 0) is 25.6 Å². The Hall–Kier alpha value is -3.02. The summed E-state index contributed by atoms with van der Waals surface area (Å²) in [5.74, 6) is -2.96. The zero-order valence-electron chi connectivity index (χ0n) is 19.2. The molecule has 1 saturated heterocycles. The van der Waals surface area contributed by atoms with Crippen molar-refractivity contribution in [3.8, 4) is 0 Å². The van der Waals surface area contributed by atoms with Gasteiger partial charge in [-0.2, -0.15) is 0 Å². The molecule has 3 amide bonds. The number of nitrogens with one attached hydrogen (secondary N) is 4. The van der Waals surface area contributed by atoms with Crippen molar-refractivity contribution < 1.29 is 29.4 Å². The van der Waals surface area contributed by atoms with E-state index in [1.165, 1.54) is 0 Å². The number of carbonyl (C=O) groups excluding carboxylic acids is 3. The third kappa shape index (κ3) is 8.73. The number of hydrogen-bond acceptors (Lipinski definition) is 7. The number of hydrogen-bond donors (Lipinski definition) is 7. The number of aliphatic carboxylic acids is 1. The first kappa shape index (κ1) is 27.2. The van der Waals surface area contributed by atoms with Crippen LogP contribution in [0.5, 0.6) is 0 Å². The van der Waals surface area contributed by atoms with E-state index in [4.69, 9.17) is 10.8 Å². The van der Waals surface area contributed by atoms with Crippen LogP contribution in [0.2, 0.25) is 0 Å². The van der Waals surface area contributed by atoms with Crippen LogP contribution in [0, 0.1) is 0 Å². The molecular formula is C23H35N5O6. The normalized spacial score (nSPS) is 17.9. The molecule has 0 aliphatic carbocycles. The second kappa shape index (κ2) is 14.3. The minimum atomic E-state index is -1.49. The van der Waals surface area contributed by atoms with Crippen molar-refractivity contribution in [3.05, 3.63) is 35.9 Å². The van der Waals surface area contributed by atoms with Gasteiger partial charge in [0.05, 0.1) is 12.6 Å². The maximum atomic E-state index is 13.2. The van der Waals surface area contributed by atoms with Crippen molar-refractivity contribution in [3.63, 3.8) is 0 Å². The van der Waals surface area contributed by atoms with Crippen LogP contribution in [0.4, 0.5) is 0 Å². The van der Waals surface area contributed by atoms with Crippen molar-refractivity contribution in [2.45, 2.75) is 62.7 Å². The average molecular weight is 478 g/mol. The highest BCUT2D eigenvalue weighted by Gasteiger charge is 2.31. The highest BCUT2D eigenvalue weighted by molar-refractivity contribution is 5.94. The predicted molar refractivity (Wildman–Crippen MR) is 125 cm³/mol. The molecule has 11 heteroatoms. The first-order chi connectivity index (χ1) is 16.3. The number of aliphatic hydroxyl groups excluding tert-OH is 1. The monoisotopic (exact) mass is 477 g/mol. The minimum absolute atomic E-state index is 0.219. The summed E-state index contributed by atoms with van der Waals surface area (Å²) in [5, 5.41) is 29.1. The number of unbranched alkanes of at least 4 members (excludes halogenated alkanes) is 1. The molecule has 0 aromatic heterocycles. The van der Waals surface area contributed by atoms with Gasteiger partial charge in [-0.15, -0.1) is 0 Å². The van der Waals surface area contributed by atoms with Gasteiger partial charge < -0.3 is 37.2 Å². The van der Waals surface area contributed by atoms with Gasteiger partial charge in [0.2, 0.25) is 17.7 Å². The Bertz CT molecular complexity index is 815. The number of carbonyl (C=O) groups is 4. The molecule has 11 nitrogen and oxygen atoms in total. The van der Waals surface area contributed by atoms with E-state index in [0.29, 0.717) is 25.8 Å². The Labute approximate surface area is 198 Å². The standard InChI is InChI=1S/C23H35N5O6/c24-11-5-4-9-17(21(31)28-19(14-29)23(33)34)26-22(32)18(13-15-7-2-1-3-8-15)27-20(30)16-10-6-12-25-16/h1-3,7-8,16-19,25,29H,4-6,9-14,24H2,(H,26,32)(H,27,30)(H,28,31)(H,33,34). The van der Waals surface area contributed by atoms with Gasteiger partial charge in [0.25, 0.3) is 0 Å². The summed E-state index contributed by atoms with van der Waals surface area (Å²) in [6, 6.07) is 5.32. The van der Waals surface area contributed by atoms with Crippen molar-refractivity contribution in [1.82, 2.24) is 21.3 Å². The lowest BCUT2D eigenvalue weighted by Crippen LogP contribution is -2.57. The molecule has 0 spiro atoms. The summed E-state index contributed by atoms with van der Waals surface area (Å²) >= 11 is 0. The van der Waals surface area contributed by atoms with Gasteiger partial charge in [0.1, 0.15) is 18.1 Å². The summed E-state index contributed by atoms with van der Waals surface area (Å²) < 4.78 is 0. The SMILES string of the molecule is NCCCCC(NC(=O)C(Cc1ccccc1)NC(=O)C1CCCN1)C(=O)NC(CO)C(=O)O. The Morgan fingerprint density at radius 2 is 1.68 bits per heavy atom. The molecule has 4 unspecified atom stereocenters. The van der Waals surface area contributed by atoms with Crippen LogP contribution in [0.1, 0.15) is 37.7 Å². The fourth-order valence-corrected chi connectivity index (χ4v) is 3.73. The predicted octanol–water partition coefficient (Wildman–Crippen LogP) is -1.36. The smallest absolute Gasteiger partial charge is 0.328 e. The molecule has 1 heterocycles. The van der Waals surface area contributed by atoms with Crippen LogP contribution in [0.15, 0.2) is 30.3 Å². The van der Waals surface area contributed by atoms with E-state index in [2.05, 4.69) is 21.3 Å². The first-order valence-electron chi connectivity index (χ1n) is 11.6. The van der Waals surface area contributed by atoms with Crippen molar-refractivity contribution >= 4 is 23.7 Å². The largest absolute Gasteiger partial charge is 0.480 e. The number of amides is 3. The molecule has 1 aromatic rings. The molecule has 0 bridgehead atoms. The van der Waals surface area contributed by atoms with Crippen molar-refractivity contribution in [2.24, 2.45) is 5.73 Å². The zero-order valence-corrected chi connectivity index (χ0v) is 19.2. The van der Waals surface area contributed by atoms with Crippen LogP contribution in [-0.4, -0.2) is 77.8 Å². The van der Waals surface area contributed by atoms with Gasteiger partial charge in [0.15, 0.2) is 0 Å². The molecule has 1 aliphatic heterocycles. The van der Waals surface area contributed by atoms with Gasteiger partial charge in [-0.1, -0.05) is 30.3 Å². The third-order valence-electron chi connectivity index (χ3n) is 5.67. The van der Waals surface area contributed by atoms with Gasteiger partial charge in [-0.05, 0) is 50.8 Å². The summed E-state index contributed by atoms with van der Waals surface area (Å²) in [6.07, 6.45) is 3.12. The summed E-state index contributed by atoms with van der Waals surface area (Å²) in [6.45, 7) is 0.343. The number of carboxylic acid groups (broad SMARTS) is 1. The number of nitrogens with two attached hydrogens (primary N) is 1. The number of rotatable bonds is 14. The lowest BCUT2D eigenvalue weighted by atomic mass is 10.0. The quantitative estimate of drug-likeness (QED) is 0.160. The van der Waals surface area contributed by atoms with E-state index >= 15 is 0 Å². The van der Waals surface area contributed by atoms with Crippen LogP contribution in [0.3, 0.4) is 0 Å². The number of carboxylic acids is 1. The second-order valence-corrected chi connectivity index (χ2v) is 8.33. The maximum absolute atomic E-state index is 13.2. The zero-order chi connectivity index (χ0) is 24.9. The summed E-state index contributed by atoms with van der Waals surface area (Å²) in [5.41, 5.74) is 6.36. The lowest BCUT2D eigenvalue weighted by molar-refractivity contribution is -0.143. The molecule has 34 heavy (non-hydrogen) atoms. The Kier molecular flexibility index (Phi) is 11.4. The van der Waals surface area contributed by atoms with Crippen LogP contribution >= 0.6 is 0 Å². The molecule has 4 atom stereocenters. The molecule has 1 aliphatic rings. The van der Waals surface area contributed by atoms with Gasteiger partial charge in [-0.3, -0.25) is 14.4 Å². The van der Waals surface area contributed by atoms with Crippen molar-refractivity contribution in [2.75, 3.05) is 19.7 Å². The summed E-state index contributed by atoms with van der Waals surface area (Å²) in [7, 11) is 0. The molecule has 188 valence electrons. The molecule has 0 radical (unpaired) electrons. The first-order valence-corrected chi connectivity index (χ1v) is 11.6. The van der Waals surface area contributed by atoms with Crippen LogP contribution in [0.25, 0.3) is 0 Å². The highest BCUT2D eigenvalue weighted by atomic mass is 16.4. The third-order valence-corrected chi connectivity index (χ3v) is 5.67. The Balaban J connectivity index is 2.15. The van der Waals surface area contributed by atoms with Crippen molar-refractivity contribution in [1.29, 1.82) is 0 Å². The Morgan fingerprint density at radius 3 is 2.26 bits per heavy atom. The fraction of sp³-hybridized carbons (Fsp3) is 0.565. The molecule has 1 fully saturated rings. The average Bonchev–Trinajstić information content (AvgIpc) is 3.37. The van der Waals surface area contributed by atoms with E-state index in [9.17, 15) is 24.3 Å². The molecule has 8 N–H and O–H groups in total. The van der Waals surface area contributed by atoms with E-state index in [0.717, 1.165) is 18.5 Å². The van der Waals surface area contributed by atoms with E-state index < -0.39 is 42.5 Å². The second-order valence-electron chi connectivity index (χ2n) is 8.33. The fourth-order valence-electron chi connectivity index (χ4n) is 3.73. The lowest BCUT2D eigenvalue weighted by Gasteiger charge is -2.25. The Morgan fingerprint density at radius 1 is 1.00 bits per heavy atom. The van der Waals surface area contributed by atoms with Gasteiger partial charge >= 0.3 is 5.97 Å². The number of aliphatic hydroxyl groups is 1. The number of benzene rings is 1. The molecule has 1 aromatic carbocycles. The van der Waals surface area contributed by atoms with Gasteiger partial charge in [-0.25, -0.2) is 4.79 Å².